The number of ether oxygens (including phenoxy) is 2. The van der Waals surface area contributed by atoms with Crippen LogP contribution in [0.2, 0.25) is 0 Å². The van der Waals surface area contributed by atoms with Crippen molar-refractivity contribution in [3.8, 4) is 11.6 Å². The van der Waals surface area contributed by atoms with Crippen LogP contribution in [0.15, 0.2) is 67.0 Å². The average molecular weight is 462 g/mol. The van der Waals surface area contributed by atoms with Crippen molar-refractivity contribution in [3.63, 3.8) is 0 Å². The molecule has 2 aliphatic heterocycles. The van der Waals surface area contributed by atoms with Crippen LogP contribution in [-0.2, 0) is 14.9 Å². The lowest BCUT2D eigenvalue weighted by atomic mass is 9.72. The molecule has 1 amide bonds. The highest BCUT2D eigenvalue weighted by Gasteiger charge is 2.45. The second kappa shape index (κ2) is 9.89. The number of hydrogen-bond acceptors (Lipinski definition) is 5. The Morgan fingerprint density at radius 2 is 1.76 bits per heavy atom. The Bertz CT molecular complexity index is 1130. The van der Waals surface area contributed by atoms with Gasteiger partial charge in [-0.15, -0.1) is 0 Å². The number of carbonyl (C=O) groups excluding carboxylic acids is 1. The number of amides is 1. The summed E-state index contributed by atoms with van der Waals surface area (Å²) in [7, 11) is 0. The Morgan fingerprint density at radius 3 is 2.56 bits per heavy atom. The van der Waals surface area contributed by atoms with Crippen LogP contribution < -0.4 is 4.74 Å². The molecule has 1 atom stereocenters. The Labute approximate surface area is 198 Å². The molecule has 1 aromatic heterocycles. The van der Waals surface area contributed by atoms with Gasteiger partial charge in [-0.05, 0) is 43.4 Å². The van der Waals surface area contributed by atoms with Gasteiger partial charge < -0.3 is 14.4 Å². The molecule has 2 fully saturated rings. The van der Waals surface area contributed by atoms with Gasteiger partial charge in [0.05, 0.1) is 5.41 Å². The van der Waals surface area contributed by atoms with Gasteiger partial charge in [-0.25, -0.2) is 9.37 Å². The van der Waals surface area contributed by atoms with Crippen molar-refractivity contribution in [3.05, 3.63) is 84.1 Å². The summed E-state index contributed by atoms with van der Waals surface area (Å²) in [5.74, 6) is 0.0471. The number of carbonyl (C=O) groups is 1. The van der Waals surface area contributed by atoms with Crippen molar-refractivity contribution < 1.29 is 18.7 Å². The lowest BCUT2D eigenvalue weighted by Gasteiger charge is -2.42. The molecule has 7 heteroatoms. The summed E-state index contributed by atoms with van der Waals surface area (Å²) in [5.41, 5.74) is 1.13. The molecule has 0 radical (unpaired) electrons. The molecule has 3 aromatic rings. The van der Waals surface area contributed by atoms with Crippen molar-refractivity contribution in [1.82, 2.24) is 14.9 Å². The molecule has 0 aliphatic carbocycles. The average Bonchev–Trinajstić information content (AvgIpc) is 2.91. The zero-order valence-corrected chi connectivity index (χ0v) is 19.0. The predicted molar refractivity (Wildman–Crippen MR) is 125 cm³/mol. The maximum atomic E-state index is 14.2. The highest BCUT2D eigenvalue weighted by molar-refractivity contribution is 5.88. The normalized spacial score (nSPS) is 20.0. The molecule has 34 heavy (non-hydrogen) atoms. The van der Waals surface area contributed by atoms with Gasteiger partial charge in [0, 0.05) is 44.6 Å². The Kier molecular flexibility index (Phi) is 6.54. The van der Waals surface area contributed by atoms with Crippen LogP contribution in [0.1, 0.15) is 42.9 Å². The zero-order chi connectivity index (χ0) is 23.4. The van der Waals surface area contributed by atoms with Gasteiger partial charge in [0.1, 0.15) is 5.69 Å². The zero-order valence-electron chi connectivity index (χ0n) is 19.0. The molecule has 0 bridgehead atoms. The fourth-order valence-electron chi connectivity index (χ4n) is 5.12. The highest BCUT2D eigenvalue weighted by Crippen LogP contribution is 2.39. The van der Waals surface area contributed by atoms with Crippen molar-refractivity contribution >= 4 is 5.91 Å². The van der Waals surface area contributed by atoms with Crippen molar-refractivity contribution in [2.45, 2.75) is 37.0 Å². The van der Waals surface area contributed by atoms with E-state index in [1.165, 1.54) is 12.3 Å². The number of benzene rings is 2. The lowest BCUT2D eigenvalue weighted by molar-refractivity contribution is -0.142. The van der Waals surface area contributed by atoms with E-state index in [1.54, 1.807) is 24.4 Å². The monoisotopic (exact) mass is 461 g/mol. The van der Waals surface area contributed by atoms with Crippen LogP contribution in [0.25, 0.3) is 0 Å². The van der Waals surface area contributed by atoms with E-state index in [0.717, 1.165) is 18.4 Å². The summed E-state index contributed by atoms with van der Waals surface area (Å²) in [6, 6.07) is 16.3. The van der Waals surface area contributed by atoms with Gasteiger partial charge in [-0.2, -0.15) is 0 Å². The van der Waals surface area contributed by atoms with Crippen molar-refractivity contribution in [2.75, 3.05) is 26.3 Å². The van der Waals surface area contributed by atoms with Crippen molar-refractivity contribution in [2.24, 2.45) is 0 Å². The molecule has 176 valence electrons. The molecule has 0 unspecified atom stereocenters. The SMILES string of the molecule is O=C(N1CCC[C@@H](c2nccnc2Oc2ccccc2F)C1)C1(c2ccccc2)CCOCC1. The summed E-state index contributed by atoms with van der Waals surface area (Å²) in [5, 5.41) is 0. The van der Waals surface area contributed by atoms with E-state index in [-0.39, 0.29) is 23.5 Å². The third kappa shape index (κ3) is 4.40. The first-order valence-electron chi connectivity index (χ1n) is 11.8. The molecule has 0 spiro atoms. The van der Waals surface area contributed by atoms with Crippen LogP contribution >= 0.6 is 0 Å². The van der Waals surface area contributed by atoms with Gasteiger partial charge in [-0.1, -0.05) is 42.5 Å². The van der Waals surface area contributed by atoms with E-state index >= 15 is 0 Å². The maximum absolute atomic E-state index is 14.2. The first-order valence-corrected chi connectivity index (χ1v) is 11.8. The topological polar surface area (TPSA) is 64.6 Å². The number of halogens is 1. The quantitative estimate of drug-likeness (QED) is 0.543. The number of rotatable bonds is 5. The second-order valence-corrected chi connectivity index (χ2v) is 8.93. The number of para-hydroxylation sites is 1. The fourth-order valence-corrected chi connectivity index (χ4v) is 5.12. The molecule has 0 saturated carbocycles. The highest BCUT2D eigenvalue weighted by atomic mass is 19.1. The number of aromatic nitrogens is 2. The number of hydrogen-bond donors (Lipinski definition) is 0. The third-order valence-electron chi connectivity index (χ3n) is 6.91. The molecule has 2 aromatic carbocycles. The van der Waals surface area contributed by atoms with Gasteiger partial charge >= 0.3 is 0 Å². The van der Waals surface area contributed by atoms with Gasteiger partial charge in [-0.3, -0.25) is 9.78 Å². The van der Waals surface area contributed by atoms with Gasteiger partial charge in [0.25, 0.3) is 0 Å². The Hall–Kier alpha value is -3.32. The summed E-state index contributed by atoms with van der Waals surface area (Å²) in [6.45, 7) is 2.38. The van der Waals surface area contributed by atoms with Gasteiger partial charge in [0.15, 0.2) is 11.6 Å². The van der Waals surface area contributed by atoms with E-state index in [4.69, 9.17) is 9.47 Å². The van der Waals surface area contributed by atoms with Crippen LogP contribution in [0.5, 0.6) is 11.6 Å². The molecular formula is C27H28FN3O3. The molecule has 2 saturated heterocycles. The van der Waals surface area contributed by atoms with Crippen LogP contribution in [0, 0.1) is 5.82 Å². The summed E-state index contributed by atoms with van der Waals surface area (Å²) in [6.07, 6.45) is 6.21. The van der Waals surface area contributed by atoms with Gasteiger partial charge in [0.2, 0.25) is 11.8 Å². The predicted octanol–water partition coefficient (Wildman–Crippen LogP) is 4.86. The first kappa shape index (κ1) is 22.5. The first-order chi connectivity index (χ1) is 16.7. The van der Waals surface area contributed by atoms with E-state index in [2.05, 4.69) is 9.97 Å². The third-order valence-corrected chi connectivity index (χ3v) is 6.91. The minimum atomic E-state index is -0.573. The Morgan fingerprint density at radius 1 is 1.03 bits per heavy atom. The number of piperidine rings is 1. The minimum absolute atomic E-state index is 0.0409. The van der Waals surface area contributed by atoms with E-state index < -0.39 is 11.2 Å². The fraction of sp³-hybridized carbons (Fsp3) is 0.370. The Balaban J connectivity index is 1.40. The smallest absolute Gasteiger partial charge is 0.241 e. The maximum Gasteiger partial charge on any atom is 0.241 e. The van der Waals surface area contributed by atoms with Crippen molar-refractivity contribution in [1.29, 1.82) is 0 Å². The largest absolute Gasteiger partial charge is 0.434 e. The summed E-state index contributed by atoms with van der Waals surface area (Å²) < 4.78 is 25.6. The van der Waals surface area contributed by atoms with E-state index in [9.17, 15) is 9.18 Å². The second-order valence-electron chi connectivity index (χ2n) is 8.93. The van der Waals surface area contributed by atoms with Crippen LogP contribution in [0.4, 0.5) is 4.39 Å². The molecule has 6 nitrogen and oxygen atoms in total. The summed E-state index contributed by atoms with van der Waals surface area (Å²) in [4.78, 5) is 24.9. The molecule has 0 N–H and O–H groups in total. The van der Waals surface area contributed by atoms with Crippen LogP contribution in [0.3, 0.4) is 0 Å². The molecule has 5 rings (SSSR count). The molecule has 2 aliphatic rings. The van der Waals surface area contributed by atoms with E-state index in [1.807, 2.05) is 35.2 Å². The lowest BCUT2D eigenvalue weighted by Crippen LogP contribution is -2.52. The van der Waals surface area contributed by atoms with Crippen LogP contribution in [-0.4, -0.2) is 47.1 Å². The minimum Gasteiger partial charge on any atom is -0.434 e. The summed E-state index contributed by atoms with van der Waals surface area (Å²) >= 11 is 0. The number of nitrogens with zero attached hydrogens (tertiary/aromatic N) is 3. The molecule has 3 heterocycles. The number of likely N-dealkylation sites (tertiary alicyclic amines) is 1. The van der Waals surface area contributed by atoms with E-state index in [0.29, 0.717) is 44.8 Å². The standard InChI is InChI=1S/C27H28FN3O3/c28-22-10-4-5-11-23(22)34-25-24(29-14-15-30-25)20-7-6-16-31(19-20)26(32)27(12-17-33-18-13-27)21-8-2-1-3-9-21/h1-5,8-11,14-15,20H,6-7,12-13,16-19H2/t20-/m1/s1. The molecular weight excluding hydrogens is 433 g/mol.